The number of pyridine rings is 1. The number of nitrogens with zero attached hydrogens (tertiary/aromatic N) is 8. The molecule has 0 atom stereocenters. The van der Waals surface area contributed by atoms with Crippen LogP contribution in [0, 0.1) is 0 Å². The molecule has 5 heterocycles. The Morgan fingerprint density at radius 1 is 1.00 bits per heavy atom. The number of aryl methyl sites for hydroxylation is 1. The molecule has 9 heteroatoms. The molecule has 4 aromatic rings. The molecule has 0 saturated carbocycles. The lowest BCUT2D eigenvalue weighted by Gasteiger charge is -2.26. The lowest BCUT2D eigenvalue weighted by atomic mass is 10.1. The minimum absolute atomic E-state index is 0.0684. The summed E-state index contributed by atoms with van der Waals surface area (Å²) >= 11 is 0. The normalized spacial score (nSPS) is 16.0. The minimum atomic E-state index is -0.0684. The maximum atomic E-state index is 13.2. The van der Waals surface area contributed by atoms with Gasteiger partial charge in [0.05, 0.1) is 22.5 Å². The number of fused-ring (bicyclic) bond motifs is 5. The fourth-order valence-electron chi connectivity index (χ4n) is 4.07. The maximum Gasteiger partial charge on any atom is 0.264 e. The highest BCUT2D eigenvalue weighted by Gasteiger charge is 2.18. The summed E-state index contributed by atoms with van der Waals surface area (Å²) in [6.45, 7) is 6.38. The first kappa shape index (κ1) is 16.4. The lowest BCUT2D eigenvalue weighted by Crippen LogP contribution is -2.35. The molecular weight excluding hydrogens is 344 g/mol. The van der Waals surface area contributed by atoms with Crippen LogP contribution in [-0.4, -0.2) is 58.5 Å². The van der Waals surface area contributed by atoms with E-state index in [2.05, 4.69) is 25.1 Å². The van der Waals surface area contributed by atoms with Gasteiger partial charge in [-0.3, -0.25) is 9.36 Å². The molecule has 1 saturated heterocycles. The summed E-state index contributed by atoms with van der Waals surface area (Å²) in [7, 11) is 0. The van der Waals surface area contributed by atoms with Crippen LogP contribution in [0.1, 0.15) is 26.2 Å². The van der Waals surface area contributed by atoms with E-state index in [0.717, 1.165) is 42.7 Å². The van der Waals surface area contributed by atoms with Gasteiger partial charge in [-0.2, -0.15) is 19.7 Å². The molecule has 5 rings (SSSR count). The van der Waals surface area contributed by atoms with Crippen molar-refractivity contribution < 1.29 is 0 Å². The van der Waals surface area contributed by atoms with Gasteiger partial charge >= 0.3 is 0 Å². The van der Waals surface area contributed by atoms with Gasteiger partial charge in [0.1, 0.15) is 6.33 Å². The van der Waals surface area contributed by atoms with E-state index in [4.69, 9.17) is 0 Å². The van der Waals surface area contributed by atoms with Gasteiger partial charge in [0.25, 0.3) is 5.56 Å². The number of aromatic nitrogens is 7. The summed E-state index contributed by atoms with van der Waals surface area (Å²) < 4.78 is 5.29. The van der Waals surface area contributed by atoms with Crippen LogP contribution < -0.4 is 5.56 Å². The van der Waals surface area contributed by atoms with Gasteiger partial charge in [0.2, 0.25) is 5.78 Å². The smallest absolute Gasteiger partial charge is 0.264 e. The molecule has 140 valence electrons. The fourth-order valence-corrected chi connectivity index (χ4v) is 4.07. The quantitative estimate of drug-likeness (QED) is 0.541. The van der Waals surface area contributed by atoms with Crippen LogP contribution >= 0.6 is 0 Å². The molecule has 9 nitrogen and oxygen atoms in total. The van der Waals surface area contributed by atoms with Gasteiger partial charge in [-0.25, -0.2) is 9.67 Å². The van der Waals surface area contributed by atoms with Crippen molar-refractivity contribution in [3.05, 3.63) is 29.1 Å². The summed E-state index contributed by atoms with van der Waals surface area (Å²) in [6.07, 6.45) is 8.67. The molecule has 0 bridgehead atoms. The molecule has 27 heavy (non-hydrogen) atoms. The number of likely N-dealkylation sites (tertiary alicyclic amines) is 1. The molecule has 0 unspecified atom stereocenters. The third-order valence-corrected chi connectivity index (χ3v) is 5.48. The third-order valence-electron chi connectivity index (χ3n) is 5.48. The average Bonchev–Trinajstić information content (AvgIpc) is 3.35. The maximum absolute atomic E-state index is 13.2. The molecule has 4 aromatic heterocycles. The second-order valence-corrected chi connectivity index (χ2v) is 7.05. The largest absolute Gasteiger partial charge is 0.302 e. The zero-order valence-electron chi connectivity index (χ0n) is 15.4. The first-order valence-electron chi connectivity index (χ1n) is 9.57. The van der Waals surface area contributed by atoms with Crippen molar-refractivity contribution in [2.24, 2.45) is 0 Å². The summed E-state index contributed by atoms with van der Waals surface area (Å²) in [5.41, 5.74) is 1.42. The zero-order valence-corrected chi connectivity index (χ0v) is 15.4. The minimum Gasteiger partial charge on any atom is -0.302 e. The van der Waals surface area contributed by atoms with Gasteiger partial charge in [-0.05, 0) is 32.9 Å². The molecule has 0 aromatic carbocycles. The molecule has 1 aliphatic rings. The van der Waals surface area contributed by atoms with Crippen molar-refractivity contribution in [1.82, 2.24) is 38.8 Å². The van der Waals surface area contributed by atoms with Gasteiger partial charge in [0, 0.05) is 25.8 Å². The second kappa shape index (κ2) is 6.41. The van der Waals surface area contributed by atoms with Crippen molar-refractivity contribution >= 4 is 27.7 Å². The van der Waals surface area contributed by atoms with Crippen molar-refractivity contribution in [2.75, 3.05) is 19.6 Å². The van der Waals surface area contributed by atoms with Crippen LogP contribution in [-0.2, 0) is 13.1 Å². The third kappa shape index (κ3) is 2.53. The highest BCUT2D eigenvalue weighted by molar-refractivity contribution is 6.02. The van der Waals surface area contributed by atoms with Gasteiger partial charge in [-0.15, -0.1) is 0 Å². The van der Waals surface area contributed by atoms with Crippen molar-refractivity contribution in [1.29, 1.82) is 0 Å². The highest BCUT2D eigenvalue weighted by atomic mass is 16.1. The molecule has 0 spiro atoms. The first-order valence-corrected chi connectivity index (χ1v) is 9.57. The van der Waals surface area contributed by atoms with E-state index in [1.165, 1.54) is 25.6 Å². The van der Waals surface area contributed by atoms with Gasteiger partial charge in [0.15, 0.2) is 5.65 Å². The van der Waals surface area contributed by atoms with E-state index in [1.54, 1.807) is 21.5 Å². The topological polar surface area (TPSA) is 86.1 Å². The van der Waals surface area contributed by atoms with Crippen LogP contribution in [0.2, 0.25) is 0 Å². The predicted octanol–water partition coefficient (Wildman–Crippen LogP) is 1.29. The Balaban J connectivity index is 1.68. The Morgan fingerprint density at radius 2 is 1.85 bits per heavy atom. The van der Waals surface area contributed by atoms with Crippen LogP contribution in [0.15, 0.2) is 23.5 Å². The Hall–Kier alpha value is -2.81. The van der Waals surface area contributed by atoms with Crippen LogP contribution in [0.3, 0.4) is 0 Å². The van der Waals surface area contributed by atoms with Crippen LogP contribution in [0.5, 0.6) is 0 Å². The average molecular weight is 366 g/mol. The van der Waals surface area contributed by atoms with Crippen molar-refractivity contribution in [3.8, 4) is 0 Å². The Labute approximate surface area is 155 Å². The number of hydrogen-bond acceptors (Lipinski definition) is 6. The van der Waals surface area contributed by atoms with Crippen molar-refractivity contribution in [2.45, 2.75) is 39.3 Å². The standard InChI is InChI=1S/C18H22N8O/c1-2-25-16-13(11-21-25)15-14(10-19-16)17(27)24(18-20-12-22-26(15)18)9-8-23-6-4-3-5-7-23/h10-12H,2-9H2,1H3. The highest BCUT2D eigenvalue weighted by Crippen LogP contribution is 2.21. The van der Waals surface area contributed by atoms with E-state index in [-0.39, 0.29) is 5.56 Å². The van der Waals surface area contributed by atoms with Crippen molar-refractivity contribution in [3.63, 3.8) is 0 Å². The second-order valence-electron chi connectivity index (χ2n) is 7.05. The van der Waals surface area contributed by atoms with E-state index in [9.17, 15) is 4.79 Å². The molecule has 1 fully saturated rings. The fraction of sp³-hybridized carbons (Fsp3) is 0.500. The number of hydrogen-bond donors (Lipinski definition) is 0. The molecule has 0 amide bonds. The molecule has 0 radical (unpaired) electrons. The molecular formula is C18H22N8O. The van der Waals surface area contributed by atoms with Gasteiger partial charge in [-0.1, -0.05) is 6.42 Å². The molecule has 0 N–H and O–H groups in total. The monoisotopic (exact) mass is 366 g/mol. The number of piperidine rings is 1. The summed E-state index contributed by atoms with van der Waals surface area (Å²) in [6, 6.07) is 0. The molecule has 1 aliphatic heterocycles. The Morgan fingerprint density at radius 3 is 2.67 bits per heavy atom. The Bertz CT molecular complexity index is 1180. The van der Waals surface area contributed by atoms with E-state index in [1.807, 2.05) is 11.6 Å². The zero-order chi connectivity index (χ0) is 18.4. The first-order chi connectivity index (χ1) is 13.3. The molecule has 0 aliphatic carbocycles. The predicted molar refractivity (Wildman–Crippen MR) is 102 cm³/mol. The van der Waals surface area contributed by atoms with Gasteiger partial charge < -0.3 is 4.90 Å². The van der Waals surface area contributed by atoms with Crippen LogP contribution in [0.25, 0.3) is 27.7 Å². The summed E-state index contributed by atoms with van der Waals surface area (Å²) in [4.78, 5) is 24.5. The van der Waals surface area contributed by atoms with Crippen LogP contribution in [0.4, 0.5) is 0 Å². The summed E-state index contributed by atoms with van der Waals surface area (Å²) in [5, 5.41) is 10.2. The van der Waals surface area contributed by atoms with E-state index in [0.29, 0.717) is 17.7 Å². The van der Waals surface area contributed by atoms with E-state index < -0.39 is 0 Å². The number of rotatable bonds is 4. The lowest BCUT2D eigenvalue weighted by molar-refractivity contribution is 0.220. The SMILES string of the molecule is CCn1ncc2c1ncc1c(=O)n(CCN3CCCCC3)c3ncnn3c12. The summed E-state index contributed by atoms with van der Waals surface area (Å²) in [5.74, 6) is 0.571. The Kier molecular flexibility index (Phi) is 3.89. The van der Waals surface area contributed by atoms with E-state index >= 15 is 0 Å².